The zero-order chi connectivity index (χ0) is 47.7. The first-order valence-electron chi connectivity index (χ1n) is 25.9. The molecule has 67 heavy (non-hydrogen) atoms. The number of alkyl halides is 3. The van der Waals surface area contributed by atoms with Crippen LogP contribution in [0, 0.1) is 11.6 Å². The Bertz CT molecular complexity index is 2030. The maximum Gasteiger partial charge on any atom is 0.573 e. The van der Waals surface area contributed by atoms with Crippen molar-refractivity contribution in [3.8, 4) is 11.5 Å². The summed E-state index contributed by atoms with van der Waals surface area (Å²) in [5, 5.41) is 0.0779. The van der Waals surface area contributed by atoms with Crippen LogP contribution in [0.3, 0.4) is 0 Å². The van der Waals surface area contributed by atoms with Gasteiger partial charge in [-0.25, -0.2) is 17.2 Å². The van der Waals surface area contributed by atoms with Gasteiger partial charge in [-0.2, -0.15) is 0 Å². The van der Waals surface area contributed by atoms with Gasteiger partial charge in [-0.3, -0.25) is 14.8 Å². The molecule has 0 aliphatic carbocycles. The van der Waals surface area contributed by atoms with Crippen LogP contribution in [0.2, 0.25) is 0 Å². The third-order valence-corrected chi connectivity index (χ3v) is 16.3. The van der Waals surface area contributed by atoms with E-state index in [1.807, 2.05) is 0 Å². The number of benzene rings is 2. The SMILES string of the molecule is CCCCCCCCCCCCCCCCCCCCOc1cc(F)c(S(=O)(=O)c2cnc3ccc(OC(F)(F)F)cc3c2N2CCC(N3CCN(C4CCN(CC)CC4)CC3)CC2)c(F)c1. The highest BCUT2D eigenvalue weighted by Crippen LogP contribution is 2.41. The van der Waals surface area contributed by atoms with E-state index in [2.05, 4.69) is 38.3 Å². The molecule has 0 atom stereocenters. The Labute approximate surface area is 398 Å². The summed E-state index contributed by atoms with van der Waals surface area (Å²) in [6.07, 6.45) is 22.1. The molecule has 2 aromatic carbocycles. The van der Waals surface area contributed by atoms with Crippen molar-refractivity contribution >= 4 is 26.4 Å². The van der Waals surface area contributed by atoms with Gasteiger partial charge < -0.3 is 19.3 Å². The number of pyridine rings is 1. The number of aromatic nitrogens is 1. The van der Waals surface area contributed by atoms with Crippen LogP contribution in [0.4, 0.5) is 27.6 Å². The summed E-state index contributed by atoms with van der Waals surface area (Å²) >= 11 is 0. The molecule has 3 aliphatic heterocycles. The number of hydrogen-bond acceptors (Lipinski definition) is 9. The molecule has 376 valence electrons. The van der Waals surface area contributed by atoms with Gasteiger partial charge in [-0.05, 0) is 69.9 Å². The van der Waals surface area contributed by atoms with E-state index >= 15 is 8.78 Å². The number of rotatable bonds is 27. The molecule has 0 N–H and O–H groups in total. The Balaban J connectivity index is 1.01. The lowest BCUT2D eigenvalue weighted by molar-refractivity contribution is -0.274. The average Bonchev–Trinajstić information content (AvgIpc) is 3.31. The van der Waals surface area contributed by atoms with E-state index in [9.17, 15) is 21.6 Å². The van der Waals surface area contributed by atoms with Crippen molar-refractivity contribution in [3.05, 3.63) is 48.2 Å². The van der Waals surface area contributed by atoms with E-state index in [0.29, 0.717) is 38.4 Å². The molecule has 0 amide bonds. The summed E-state index contributed by atoms with van der Waals surface area (Å²) in [4.78, 5) is 12.0. The van der Waals surface area contributed by atoms with Crippen molar-refractivity contribution in [1.82, 2.24) is 19.7 Å². The number of fused-ring (bicyclic) bond motifs is 1. The smallest absolute Gasteiger partial charge is 0.493 e. The standard InChI is InChI=1S/C52H78F5N5O4S/c1-3-5-6-7-8-9-10-11-12-13-14-15-16-17-18-19-20-21-36-65-44-38-46(53)51(47(54)39-44)67(63,64)49-40-58-48-23-22-43(66-52(55,56)57)37-45(48)50(49)62-30-26-42(27-31-62)61-34-32-60(33-35-61)41-24-28-59(4-2)29-25-41/h22-23,37-42H,3-21,24-36H2,1-2H3. The number of hydrogen-bond donors (Lipinski definition) is 0. The normalized spacial score (nSPS) is 17.7. The maximum atomic E-state index is 15.9. The van der Waals surface area contributed by atoms with Crippen molar-refractivity contribution in [3.63, 3.8) is 0 Å². The van der Waals surface area contributed by atoms with E-state index in [0.717, 1.165) is 95.5 Å². The van der Waals surface area contributed by atoms with Gasteiger partial charge in [0.05, 0.1) is 17.8 Å². The molecule has 6 rings (SSSR count). The Hall–Kier alpha value is -3.27. The third-order valence-electron chi connectivity index (χ3n) is 14.5. The summed E-state index contributed by atoms with van der Waals surface area (Å²) in [5.74, 6) is -3.31. The lowest BCUT2D eigenvalue weighted by Gasteiger charge is -2.46. The van der Waals surface area contributed by atoms with E-state index in [4.69, 9.17) is 4.74 Å². The lowest BCUT2D eigenvalue weighted by Crippen LogP contribution is -2.56. The summed E-state index contributed by atoms with van der Waals surface area (Å²) in [7, 11) is -4.94. The van der Waals surface area contributed by atoms with Gasteiger partial charge in [0, 0.05) is 75.1 Å². The van der Waals surface area contributed by atoms with Gasteiger partial charge in [0.2, 0.25) is 9.84 Å². The van der Waals surface area contributed by atoms with Crippen LogP contribution in [0.15, 0.2) is 46.3 Å². The van der Waals surface area contributed by atoms with Crippen LogP contribution in [0.5, 0.6) is 11.5 Å². The Morgan fingerprint density at radius 3 is 1.58 bits per heavy atom. The zero-order valence-electron chi connectivity index (χ0n) is 40.4. The van der Waals surface area contributed by atoms with E-state index in [-0.39, 0.29) is 35.0 Å². The number of likely N-dealkylation sites (tertiary alicyclic amines) is 1. The highest BCUT2D eigenvalue weighted by atomic mass is 32.2. The molecule has 0 unspecified atom stereocenters. The topological polar surface area (TPSA) is 78.4 Å². The molecule has 9 nitrogen and oxygen atoms in total. The zero-order valence-corrected chi connectivity index (χ0v) is 41.2. The van der Waals surface area contributed by atoms with E-state index in [1.165, 1.54) is 109 Å². The van der Waals surface area contributed by atoms with Crippen LogP contribution in [0.1, 0.15) is 155 Å². The number of halogens is 5. The predicted octanol–water partition coefficient (Wildman–Crippen LogP) is 12.7. The van der Waals surface area contributed by atoms with Crippen LogP contribution in [-0.2, 0) is 9.84 Å². The van der Waals surface area contributed by atoms with Crippen molar-refractivity contribution in [2.75, 3.05) is 70.4 Å². The number of nitrogens with zero attached hydrogens (tertiary/aromatic N) is 5. The number of sulfone groups is 1. The maximum absolute atomic E-state index is 15.9. The van der Waals surface area contributed by atoms with Crippen molar-refractivity contribution in [2.24, 2.45) is 0 Å². The first-order chi connectivity index (χ1) is 32.4. The summed E-state index contributed by atoms with van der Waals surface area (Å²) < 4.78 is 111. The summed E-state index contributed by atoms with van der Waals surface area (Å²) in [6, 6.07) is 6.13. The van der Waals surface area contributed by atoms with Crippen LogP contribution >= 0.6 is 0 Å². The minimum Gasteiger partial charge on any atom is -0.493 e. The summed E-state index contributed by atoms with van der Waals surface area (Å²) in [5.41, 5.74) is 0.267. The largest absolute Gasteiger partial charge is 0.573 e. The van der Waals surface area contributed by atoms with E-state index in [1.54, 1.807) is 4.90 Å². The third kappa shape index (κ3) is 15.9. The highest BCUT2D eigenvalue weighted by molar-refractivity contribution is 7.91. The minimum absolute atomic E-state index is 0.0486. The van der Waals surface area contributed by atoms with Gasteiger partial charge in [0.15, 0.2) is 0 Å². The van der Waals surface area contributed by atoms with Gasteiger partial charge in [-0.15, -0.1) is 13.2 Å². The fourth-order valence-electron chi connectivity index (χ4n) is 10.6. The first kappa shape index (κ1) is 53.1. The molecule has 4 heterocycles. The van der Waals surface area contributed by atoms with Gasteiger partial charge in [0.1, 0.15) is 32.9 Å². The number of piperidine rings is 2. The Kier molecular flexibility index (Phi) is 21.1. The highest BCUT2D eigenvalue weighted by Gasteiger charge is 2.37. The fourth-order valence-corrected chi connectivity index (χ4v) is 12.1. The molecule has 0 saturated carbocycles. The molecule has 0 radical (unpaired) electrons. The number of ether oxygens (including phenoxy) is 2. The minimum atomic E-state index is -5.00. The number of anilines is 1. The molecule has 3 saturated heterocycles. The predicted molar refractivity (Wildman–Crippen MR) is 258 cm³/mol. The average molecular weight is 964 g/mol. The van der Waals surface area contributed by atoms with Gasteiger partial charge in [-0.1, -0.05) is 123 Å². The van der Waals surface area contributed by atoms with Crippen molar-refractivity contribution in [2.45, 2.75) is 183 Å². The summed E-state index contributed by atoms with van der Waals surface area (Å²) in [6.45, 7) is 12.6. The Morgan fingerprint density at radius 2 is 1.10 bits per heavy atom. The molecular formula is C52H78F5N5O4S. The fraction of sp³-hybridized carbons (Fsp3) is 0.712. The van der Waals surface area contributed by atoms with E-state index < -0.39 is 43.4 Å². The van der Waals surface area contributed by atoms with Crippen LogP contribution in [0.25, 0.3) is 10.9 Å². The quantitative estimate of drug-likeness (QED) is 0.0548. The monoisotopic (exact) mass is 964 g/mol. The lowest BCUT2D eigenvalue weighted by atomic mass is 9.99. The van der Waals surface area contributed by atoms with Crippen molar-refractivity contribution < 1.29 is 39.8 Å². The molecule has 0 spiro atoms. The molecule has 15 heteroatoms. The second kappa shape index (κ2) is 26.6. The molecular weight excluding hydrogens is 886 g/mol. The molecule has 1 aromatic heterocycles. The van der Waals surface area contributed by atoms with Crippen LogP contribution < -0.4 is 14.4 Å². The van der Waals surface area contributed by atoms with Gasteiger partial charge >= 0.3 is 6.36 Å². The molecule has 3 aromatic rings. The Morgan fingerprint density at radius 1 is 0.627 bits per heavy atom. The first-order valence-corrected chi connectivity index (χ1v) is 27.4. The van der Waals surface area contributed by atoms with Gasteiger partial charge in [0.25, 0.3) is 0 Å². The van der Waals surface area contributed by atoms with Crippen LogP contribution in [-0.4, -0.2) is 112 Å². The molecule has 3 aliphatic rings. The van der Waals surface area contributed by atoms with Crippen molar-refractivity contribution in [1.29, 1.82) is 0 Å². The molecule has 3 fully saturated rings. The number of unbranched alkanes of at least 4 members (excludes halogenated alkanes) is 17. The molecule has 0 bridgehead atoms. The second-order valence-corrected chi connectivity index (χ2v) is 21.1. The second-order valence-electron chi connectivity index (χ2n) is 19.2. The number of piperazine rings is 1.